The Labute approximate surface area is 361 Å². The van der Waals surface area contributed by atoms with Crippen LogP contribution in [-0.4, -0.2) is 9.13 Å². The molecule has 1 aliphatic carbocycles. The van der Waals surface area contributed by atoms with Crippen molar-refractivity contribution in [3.05, 3.63) is 248 Å². The summed E-state index contributed by atoms with van der Waals surface area (Å²) in [6.45, 7) is 0. The molecule has 2 heteroatoms. The number of nitrogens with zero attached hydrogens (tertiary/aromatic N) is 2. The van der Waals surface area contributed by atoms with Crippen molar-refractivity contribution < 1.29 is 0 Å². The second-order valence-corrected chi connectivity index (χ2v) is 16.4. The zero-order chi connectivity index (χ0) is 41.0. The van der Waals surface area contributed by atoms with Gasteiger partial charge in [-0.1, -0.05) is 194 Å². The molecule has 62 heavy (non-hydrogen) atoms. The Hall–Kier alpha value is -7.94. The van der Waals surface area contributed by atoms with Crippen LogP contribution in [0.3, 0.4) is 0 Å². The fourth-order valence-electron chi connectivity index (χ4n) is 9.91. The van der Waals surface area contributed by atoms with Crippen LogP contribution in [0.5, 0.6) is 0 Å². The van der Waals surface area contributed by atoms with Crippen LogP contribution < -0.4 is 0 Å². The summed E-state index contributed by atoms with van der Waals surface area (Å²) in [4.78, 5) is 0. The number of para-hydroxylation sites is 3. The van der Waals surface area contributed by atoms with Crippen molar-refractivity contribution in [3.8, 4) is 44.8 Å². The van der Waals surface area contributed by atoms with Gasteiger partial charge in [-0.15, -0.1) is 0 Å². The summed E-state index contributed by atoms with van der Waals surface area (Å²) in [6, 6.07) is 79.8. The van der Waals surface area contributed by atoms with Gasteiger partial charge in [-0.25, -0.2) is 0 Å². The minimum absolute atomic E-state index is 0.278. The van der Waals surface area contributed by atoms with Gasteiger partial charge in [0.05, 0.1) is 27.8 Å². The largest absolute Gasteiger partial charge is 0.309 e. The highest BCUT2D eigenvalue weighted by molar-refractivity contribution is 6.26. The molecule has 0 radical (unpaired) electrons. The second kappa shape index (κ2) is 15.0. The van der Waals surface area contributed by atoms with Crippen molar-refractivity contribution in [2.75, 3.05) is 0 Å². The van der Waals surface area contributed by atoms with Crippen molar-refractivity contribution in [1.82, 2.24) is 9.13 Å². The summed E-state index contributed by atoms with van der Waals surface area (Å²) in [5.74, 6) is 0.278. The first-order valence-corrected chi connectivity index (χ1v) is 21.6. The van der Waals surface area contributed by atoms with Crippen LogP contribution in [0, 0.1) is 0 Å². The molecular formula is C60H42N2. The maximum Gasteiger partial charge on any atom is 0.0641 e. The molecule has 2 aromatic heterocycles. The molecule has 0 aliphatic heterocycles. The first-order chi connectivity index (χ1) is 30.8. The number of benzene rings is 9. The standard InChI is InChI=1S/C60H42N2/c1-4-16-41(17-5-1)45-20-14-22-47(38-45)48-23-15-21-46(39-48)43-30-32-44(33-31-43)51-35-34-49(42-18-6-2-7-19-42)40-58(51)62-55-28-12-10-26-52(55)53-36-37-57-59(60(53)62)54-27-11-13-29-56(54)61(57)50-24-8-3-9-25-50/h1-30,32-40,43H,31H2. The first kappa shape index (κ1) is 36.0. The van der Waals surface area contributed by atoms with Gasteiger partial charge in [0.2, 0.25) is 0 Å². The van der Waals surface area contributed by atoms with Crippen LogP contribution in [0.15, 0.2) is 237 Å². The lowest BCUT2D eigenvalue weighted by Crippen LogP contribution is -2.03. The van der Waals surface area contributed by atoms with Gasteiger partial charge in [0.25, 0.3) is 0 Å². The smallest absolute Gasteiger partial charge is 0.0641 e. The zero-order valence-electron chi connectivity index (χ0n) is 34.2. The number of fused-ring (bicyclic) bond motifs is 7. The van der Waals surface area contributed by atoms with E-state index in [1.165, 1.54) is 99.4 Å². The Morgan fingerprint density at radius 2 is 0.968 bits per heavy atom. The summed E-state index contributed by atoms with van der Waals surface area (Å²) < 4.78 is 4.99. The highest BCUT2D eigenvalue weighted by Crippen LogP contribution is 2.44. The van der Waals surface area contributed by atoms with Gasteiger partial charge >= 0.3 is 0 Å². The van der Waals surface area contributed by atoms with E-state index < -0.39 is 0 Å². The Morgan fingerprint density at radius 1 is 0.387 bits per heavy atom. The molecule has 0 amide bonds. The molecule has 1 atom stereocenters. The SMILES string of the molecule is C1=CC(c2cccc(-c3cccc(-c4ccccc4)c3)c2)CC=C1c1ccc(-c2ccccc2)cc1-n1c2ccccc2c2ccc3c(c4ccccc4n3-c3ccccc3)c21. The van der Waals surface area contributed by atoms with E-state index in [0.29, 0.717) is 0 Å². The highest BCUT2D eigenvalue weighted by atomic mass is 15.0. The normalized spacial score (nSPS) is 13.9. The molecule has 2 heterocycles. The van der Waals surface area contributed by atoms with Crippen LogP contribution in [0.2, 0.25) is 0 Å². The fourth-order valence-corrected chi connectivity index (χ4v) is 9.91. The lowest BCUT2D eigenvalue weighted by Gasteiger charge is -2.21. The molecule has 0 saturated heterocycles. The maximum absolute atomic E-state index is 2.56. The van der Waals surface area contributed by atoms with Crippen LogP contribution >= 0.6 is 0 Å². The van der Waals surface area contributed by atoms with Crippen molar-refractivity contribution >= 4 is 49.2 Å². The van der Waals surface area contributed by atoms with Crippen molar-refractivity contribution in [2.45, 2.75) is 12.3 Å². The summed E-state index contributed by atoms with van der Waals surface area (Å²) in [5.41, 5.74) is 18.3. The van der Waals surface area contributed by atoms with E-state index in [2.05, 4.69) is 246 Å². The molecule has 0 N–H and O–H groups in total. The molecule has 2 nitrogen and oxygen atoms in total. The van der Waals surface area contributed by atoms with E-state index >= 15 is 0 Å². The molecule has 11 aromatic rings. The molecule has 1 unspecified atom stereocenters. The molecule has 9 aromatic carbocycles. The second-order valence-electron chi connectivity index (χ2n) is 16.4. The third-order valence-corrected chi connectivity index (χ3v) is 12.9. The van der Waals surface area contributed by atoms with E-state index in [-0.39, 0.29) is 5.92 Å². The van der Waals surface area contributed by atoms with Gasteiger partial charge < -0.3 is 9.13 Å². The van der Waals surface area contributed by atoms with Crippen molar-refractivity contribution in [3.63, 3.8) is 0 Å². The van der Waals surface area contributed by atoms with Crippen LogP contribution in [0.4, 0.5) is 0 Å². The Balaban J connectivity index is 1.02. The minimum Gasteiger partial charge on any atom is -0.309 e. The number of rotatable bonds is 7. The first-order valence-electron chi connectivity index (χ1n) is 21.6. The van der Waals surface area contributed by atoms with Crippen molar-refractivity contribution in [2.24, 2.45) is 0 Å². The highest BCUT2D eigenvalue weighted by Gasteiger charge is 2.23. The summed E-state index contributed by atoms with van der Waals surface area (Å²) >= 11 is 0. The monoisotopic (exact) mass is 790 g/mol. The van der Waals surface area contributed by atoms with E-state index in [4.69, 9.17) is 0 Å². The van der Waals surface area contributed by atoms with E-state index in [0.717, 1.165) is 12.1 Å². The Morgan fingerprint density at radius 3 is 1.68 bits per heavy atom. The Kier molecular flexibility index (Phi) is 8.67. The summed E-state index contributed by atoms with van der Waals surface area (Å²) in [7, 11) is 0. The number of aromatic nitrogens is 2. The zero-order valence-corrected chi connectivity index (χ0v) is 34.2. The van der Waals surface area contributed by atoms with Crippen LogP contribution in [-0.2, 0) is 0 Å². The predicted octanol–water partition coefficient (Wildman–Crippen LogP) is 16.0. The molecule has 12 rings (SSSR count). The van der Waals surface area contributed by atoms with Gasteiger partial charge in [0, 0.05) is 38.7 Å². The minimum atomic E-state index is 0.278. The third kappa shape index (κ3) is 6.03. The van der Waals surface area contributed by atoms with Gasteiger partial charge in [-0.05, 0) is 93.4 Å². The third-order valence-electron chi connectivity index (χ3n) is 12.9. The van der Waals surface area contributed by atoms with Gasteiger partial charge in [0.1, 0.15) is 0 Å². The molecule has 292 valence electrons. The lowest BCUT2D eigenvalue weighted by atomic mass is 9.86. The molecule has 0 saturated carbocycles. The van der Waals surface area contributed by atoms with E-state index in [1.54, 1.807) is 0 Å². The van der Waals surface area contributed by atoms with E-state index in [1.807, 2.05) is 0 Å². The molecule has 1 aliphatic rings. The lowest BCUT2D eigenvalue weighted by molar-refractivity contribution is 0.857. The van der Waals surface area contributed by atoms with Crippen molar-refractivity contribution in [1.29, 1.82) is 0 Å². The maximum atomic E-state index is 2.56. The average molecular weight is 791 g/mol. The predicted molar refractivity (Wildman–Crippen MR) is 262 cm³/mol. The summed E-state index contributed by atoms with van der Waals surface area (Å²) in [5, 5.41) is 5.01. The molecule has 0 spiro atoms. The fraction of sp³-hybridized carbons (Fsp3) is 0.0333. The number of allylic oxidation sites excluding steroid dienone is 4. The molecule has 0 bridgehead atoms. The summed E-state index contributed by atoms with van der Waals surface area (Å²) in [6.07, 6.45) is 8.16. The topological polar surface area (TPSA) is 9.86 Å². The number of hydrogen-bond acceptors (Lipinski definition) is 0. The molecule has 0 fully saturated rings. The quantitative estimate of drug-likeness (QED) is 0.152. The van der Waals surface area contributed by atoms with Gasteiger partial charge in [-0.2, -0.15) is 0 Å². The number of hydrogen-bond donors (Lipinski definition) is 0. The van der Waals surface area contributed by atoms with E-state index in [9.17, 15) is 0 Å². The average Bonchev–Trinajstić information content (AvgIpc) is 3.88. The van der Waals surface area contributed by atoms with Crippen LogP contribution in [0.25, 0.3) is 93.9 Å². The van der Waals surface area contributed by atoms with Crippen LogP contribution in [0.1, 0.15) is 23.5 Å². The molecular weight excluding hydrogens is 749 g/mol. The Bertz CT molecular complexity index is 3530. The van der Waals surface area contributed by atoms with Gasteiger partial charge in [0.15, 0.2) is 0 Å². The van der Waals surface area contributed by atoms with Gasteiger partial charge in [-0.3, -0.25) is 0 Å².